The van der Waals surface area contributed by atoms with Crippen LogP contribution >= 0.6 is 45.9 Å². The first kappa shape index (κ1) is 45.0. The van der Waals surface area contributed by atoms with Crippen LogP contribution in [-0.4, -0.2) is 68.9 Å². The van der Waals surface area contributed by atoms with E-state index in [1.807, 2.05) is 74.9 Å². The van der Waals surface area contributed by atoms with Gasteiger partial charge in [-0.2, -0.15) is 0 Å². The quantitative estimate of drug-likeness (QED) is 0.138. The van der Waals surface area contributed by atoms with Crippen LogP contribution < -0.4 is 10.6 Å². The lowest BCUT2D eigenvalue weighted by Crippen LogP contribution is -2.52. The largest absolute Gasteiger partial charge is 0.322 e. The van der Waals surface area contributed by atoms with Gasteiger partial charge in [0, 0.05) is 81.2 Å². The molecule has 2 aromatic carbocycles. The molecule has 4 aromatic rings. The van der Waals surface area contributed by atoms with Crippen molar-refractivity contribution in [1.82, 2.24) is 20.4 Å². The van der Waals surface area contributed by atoms with Crippen molar-refractivity contribution in [2.24, 2.45) is 0 Å². The van der Waals surface area contributed by atoms with Crippen molar-refractivity contribution in [3.63, 3.8) is 0 Å². The standard InChI is InChI=1S/2C23H23ClN2O4S/c2*1-12-3-4-14(9-17(12)24)13(2)19(27)6-7-20-15-10-26(23(30)16(15)11-31-20)18-5-8-21(28)25-22(18)29/h2*3-4,9,11,13,18H,5-8,10H2,1-2H3,(H,25,28,29)/t2*13-,18?/m10/s1. The molecule has 2 N–H and O–H groups in total. The topological polar surface area (TPSA) is 167 Å². The summed E-state index contributed by atoms with van der Waals surface area (Å²) in [6.07, 6.45) is 2.99. The number of nitrogens with one attached hydrogen (secondary N) is 2. The molecule has 2 unspecified atom stereocenters. The molecule has 0 bridgehead atoms. The van der Waals surface area contributed by atoms with Gasteiger partial charge >= 0.3 is 0 Å². The Balaban J connectivity index is 0.000000186. The van der Waals surface area contributed by atoms with E-state index in [-0.39, 0.29) is 59.9 Å². The molecule has 0 radical (unpaired) electrons. The Kier molecular flexibility index (Phi) is 13.6. The number of carbonyl (C=O) groups is 8. The minimum atomic E-state index is -0.622. The number of rotatable bonds is 12. The molecule has 6 amide bonds. The maximum atomic E-state index is 12.8. The third-order valence-corrected chi connectivity index (χ3v) is 15.3. The summed E-state index contributed by atoms with van der Waals surface area (Å²) in [5, 5.41) is 9.56. The zero-order chi connectivity index (χ0) is 44.6. The van der Waals surface area contributed by atoms with Gasteiger partial charge < -0.3 is 9.80 Å². The molecule has 16 heteroatoms. The van der Waals surface area contributed by atoms with E-state index in [1.54, 1.807) is 9.80 Å². The van der Waals surface area contributed by atoms with E-state index in [1.165, 1.54) is 22.7 Å². The van der Waals surface area contributed by atoms with Crippen molar-refractivity contribution >= 4 is 92.9 Å². The van der Waals surface area contributed by atoms with Gasteiger partial charge in [-0.05, 0) is 85.0 Å². The number of imide groups is 2. The molecule has 2 saturated heterocycles. The second-order valence-electron chi connectivity index (χ2n) is 16.3. The van der Waals surface area contributed by atoms with E-state index >= 15 is 0 Å². The summed E-state index contributed by atoms with van der Waals surface area (Å²) in [5.74, 6) is -2.07. The maximum absolute atomic E-state index is 12.8. The fourth-order valence-corrected chi connectivity index (χ4v) is 10.7. The monoisotopic (exact) mass is 916 g/mol. The number of aryl methyl sites for hydroxylation is 4. The Bertz CT molecular complexity index is 2360. The zero-order valence-electron chi connectivity index (χ0n) is 34.7. The number of hydrogen-bond donors (Lipinski definition) is 2. The van der Waals surface area contributed by atoms with Gasteiger partial charge in [-0.25, -0.2) is 0 Å². The van der Waals surface area contributed by atoms with Gasteiger partial charge in [-0.15, -0.1) is 22.7 Å². The molecule has 2 fully saturated rings. The summed E-state index contributed by atoms with van der Waals surface area (Å²) in [7, 11) is 0. The molecule has 0 spiro atoms. The first-order valence-electron chi connectivity index (χ1n) is 20.6. The van der Waals surface area contributed by atoms with E-state index in [4.69, 9.17) is 23.2 Å². The molecule has 62 heavy (non-hydrogen) atoms. The number of fused-ring (bicyclic) bond motifs is 2. The van der Waals surface area contributed by atoms with Crippen molar-refractivity contribution in [3.05, 3.63) is 111 Å². The lowest BCUT2D eigenvalue weighted by Gasteiger charge is -2.29. The molecular weight excluding hydrogens is 872 g/mol. The van der Waals surface area contributed by atoms with Crippen LogP contribution in [0, 0.1) is 13.8 Å². The molecule has 4 aliphatic rings. The minimum absolute atomic E-state index is 0.119. The Morgan fingerprint density at radius 1 is 0.661 bits per heavy atom. The Morgan fingerprint density at radius 2 is 1.05 bits per heavy atom. The van der Waals surface area contributed by atoms with Crippen molar-refractivity contribution in [1.29, 1.82) is 0 Å². The van der Waals surface area contributed by atoms with Crippen molar-refractivity contribution in [2.75, 3.05) is 0 Å². The van der Waals surface area contributed by atoms with E-state index < -0.39 is 23.9 Å². The van der Waals surface area contributed by atoms with E-state index in [0.717, 1.165) is 43.1 Å². The first-order chi connectivity index (χ1) is 29.5. The maximum Gasteiger partial charge on any atom is 0.256 e. The smallest absolute Gasteiger partial charge is 0.256 e. The number of Topliss-reactive ketones (excluding diaryl/α,β-unsaturated/α-hetero) is 2. The average molecular weight is 918 g/mol. The molecule has 4 aliphatic heterocycles. The molecule has 6 heterocycles. The number of carbonyl (C=O) groups excluding carboxylic acids is 8. The second-order valence-corrected chi connectivity index (χ2v) is 19.0. The molecule has 324 valence electrons. The number of piperidine rings is 2. The Hall–Kier alpha value is -5.02. The highest BCUT2D eigenvalue weighted by atomic mass is 35.5. The zero-order valence-corrected chi connectivity index (χ0v) is 37.9. The average Bonchev–Trinajstić information content (AvgIpc) is 4.00. The van der Waals surface area contributed by atoms with Gasteiger partial charge in [0.15, 0.2) is 0 Å². The summed E-state index contributed by atoms with van der Waals surface area (Å²) in [5.41, 5.74) is 6.77. The number of thiophene rings is 2. The van der Waals surface area contributed by atoms with Crippen LogP contribution in [0.5, 0.6) is 0 Å². The van der Waals surface area contributed by atoms with Crippen LogP contribution in [-0.2, 0) is 54.7 Å². The number of nitrogens with zero attached hydrogens (tertiary/aromatic N) is 2. The summed E-state index contributed by atoms with van der Waals surface area (Å²) >= 11 is 15.4. The molecule has 0 aliphatic carbocycles. The summed E-state index contributed by atoms with van der Waals surface area (Å²) in [6, 6.07) is 10.2. The van der Waals surface area contributed by atoms with Crippen molar-refractivity contribution < 1.29 is 38.4 Å². The van der Waals surface area contributed by atoms with Gasteiger partial charge in [-0.3, -0.25) is 49.0 Å². The highest BCUT2D eigenvalue weighted by molar-refractivity contribution is 7.10. The van der Waals surface area contributed by atoms with Crippen LogP contribution in [0.2, 0.25) is 10.0 Å². The SMILES string of the molecule is Cc1ccc([C@@H](C)C(=O)CCc2scc3c2CN(C2CCC(=O)NC2=O)C3=O)cc1Cl.Cc1ccc([C@H](C)C(=O)CCc2scc3c2CN(C2CCC(=O)NC2=O)C3=O)cc1Cl. The molecule has 4 atom stereocenters. The van der Waals surface area contributed by atoms with Crippen LogP contribution in [0.25, 0.3) is 0 Å². The van der Waals surface area contributed by atoms with Gasteiger partial charge in [0.1, 0.15) is 23.7 Å². The lowest BCUT2D eigenvalue weighted by atomic mass is 9.93. The third kappa shape index (κ3) is 9.34. The summed E-state index contributed by atoms with van der Waals surface area (Å²) in [4.78, 5) is 103. The van der Waals surface area contributed by atoms with Gasteiger partial charge in [-0.1, -0.05) is 61.3 Å². The molecular formula is C46H46Cl2N4O8S2. The minimum Gasteiger partial charge on any atom is -0.322 e. The van der Waals surface area contributed by atoms with Gasteiger partial charge in [0.2, 0.25) is 23.6 Å². The van der Waals surface area contributed by atoms with E-state index in [0.29, 0.717) is 72.8 Å². The predicted octanol–water partition coefficient (Wildman–Crippen LogP) is 7.55. The fraction of sp³-hybridized carbons (Fsp3) is 0.391. The fourth-order valence-electron chi connectivity index (χ4n) is 8.26. The number of hydrogen-bond acceptors (Lipinski definition) is 10. The van der Waals surface area contributed by atoms with Gasteiger partial charge in [0.25, 0.3) is 11.8 Å². The van der Waals surface area contributed by atoms with Crippen LogP contribution in [0.15, 0.2) is 47.2 Å². The molecule has 12 nitrogen and oxygen atoms in total. The van der Waals surface area contributed by atoms with E-state index in [2.05, 4.69) is 10.6 Å². The molecule has 8 rings (SSSR count). The number of halogens is 2. The highest BCUT2D eigenvalue weighted by Gasteiger charge is 2.42. The number of benzene rings is 2. The normalized spacial score (nSPS) is 19.4. The third-order valence-electron chi connectivity index (χ3n) is 12.3. The Labute approximate surface area is 377 Å². The first-order valence-corrected chi connectivity index (χ1v) is 23.1. The second kappa shape index (κ2) is 18.8. The molecule has 0 saturated carbocycles. The highest BCUT2D eigenvalue weighted by Crippen LogP contribution is 2.37. The Morgan fingerprint density at radius 3 is 1.40 bits per heavy atom. The lowest BCUT2D eigenvalue weighted by molar-refractivity contribution is -0.138. The van der Waals surface area contributed by atoms with Crippen LogP contribution in [0.4, 0.5) is 0 Å². The number of amides is 6. The molecule has 2 aromatic heterocycles. The van der Waals surface area contributed by atoms with Crippen LogP contribution in [0.1, 0.15) is 128 Å². The number of ketones is 2. The van der Waals surface area contributed by atoms with Crippen LogP contribution in [0.3, 0.4) is 0 Å². The van der Waals surface area contributed by atoms with Crippen molar-refractivity contribution in [3.8, 4) is 0 Å². The van der Waals surface area contributed by atoms with E-state index in [9.17, 15) is 38.4 Å². The van der Waals surface area contributed by atoms with Crippen molar-refractivity contribution in [2.45, 2.75) is 116 Å². The van der Waals surface area contributed by atoms with Gasteiger partial charge in [0.05, 0.1) is 11.1 Å². The predicted molar refractivity (Wildman–Crippen MR) is 237 cm³/mol. The summed E-state index contributed by atoms with van der Waals surface area (Å²) < 4.78 is 0. The summed E-state index contributed by atoms with van der Waals surface area (Å²) in [6.45, 7) is 8.31.